The molecule has 1 aliphatic rings. The molecule has 1 aliphatic heterocycles. The second-order valence-electron chi connectivity index (χ2n) is 8.14. The van der Waals surface area contributed by atoms with Crippen molar-refractivity contribution in [3.05, 3.63) is 59.3 Å². The van der Waals surface area contributed by atoms with Gasteiger partial charge in [0.15, 0.2) is 5.82 Å². The highest BCUT2D eigenvalue weighted by Crippen LogP contribution is 2.30. The smallest absolute Gasteiger partial charge is 0.229 e. The van der Waals surface area contributed by atoms with Crippen LogP contribution in [0, 0.1) is 5.82 Å². The molecule has 0 amide bonds. The van der Waals surface area contributed by atoms with Gasteiger partial charge in [0.25, 0.3) is 0 Å². The molecule has 0 unspecified atom stereocenters. The molecule has 3 aromatic heterocycles. The Bertz CT molecular complexity index is 1290. The number of aromatic nitrogens is 5. The molecule has 2 N–H and O–H groups in total. The summed E-state index contributed by atoms with van der Waals surface area (Å²) in [5, 5.41) is 12.0. The first-order valence-electron chi connectivity index (χ1n) is 10.5. The molecule has 0 saturated carbocycles. The van der Waals surface area contributed by atoms with Crippen LogP contribution in [0.2, 0.25) is 0 Å². The van der Waals surface area contributed by atoms with E-state index in [2.05, 4.69) is 44.5 Å². The number of pyridine rings is 1. The normalized spacial score (nSPS) is 13.2. The van der Waals surface area contributed by atoms with E-state index in [4.69, 9.17) is 0 Å². The van der Waals surface area contributed by atoms with Crippen molar-refractivity contribution in [2.45, 2.75) is 32.7 Å². The predicted molar refractivity (Wildman–Crippen MR) is 126 cm³/mol. The summed E-state index contributed by atoms with van der Waals surface area (Å²) in [5.41, 5.74) is 5.19. The van der Waals surface area contributed by atoms with Crippen LogP contribution in [-0.4, -0.2) is 31.3 Å². The van der Waals surface area contributed by atoms with Gasteiger partial charge in [-0.15, -0.1) is 12.4 Å². The van der Waals surface area contributed by atoms with E-state index in [-0.39, 0.29) is 18.1 Å². The van der Waals surface area contributed by atoms with Crippen LogP contribution in [0.15, 0.2) is 36.5 Å². The number of hydrogen-bond acceptors (Lipinski definition) is 6. The summed E-state index contributed by atoms with van der Waals surface area (Å²) in [6.45, 7) is 5.99. The van der Waals surface area contributed by atoms with Crippen molar-refractivity contribution in [1.29, 1.82) is 0 Å². The molecule has 4 heterocycles. The minimum atomic E-state index is -0.468. The first-order valence-corrected chi connectivity index (χ1v) is 10.5. The number of fused-ring (bicyclic) bond motifs is 2. The van der Waals surface area contributed by atoms with Gasteiger partial charge in [-0.2, -0.15) is 5.10 Å². The highest BCUT2D eigenvalue weighted by molar-refractivity contribution is 5.87. The van der Waals surface area contributed by atoms with Crippen LogP contribution in [-0.2, 0) is 20.0 Å². The number of rotatable bonds is 4. The number of benzene rings is 1. The largest absolute Gasteiger partial charge is 0.312 e. The highest BCUT2D eigenvalue weighted by atomic mass is 35.5. The summed E-state index contributed by atoms with van der Waals surface area (Å²) < 4.78 is 16.6. The zero-order valence-corrected chi connectivity index (χ0v) is 19.0. The molecule has 32 heavy (non-hydrogen) atoms. The maximum Gasteiger partial charge on any atom is 0.229 e. The quantitative estimate of drug-likeness (QED) is 0.473. The number of halogens is 2. The van der Waals surface area contributed by atoms with Gasteiger partial charge in [-0.1, -0.05) is 26.0 Å². The zero-order chi connectivity index (χ0) is 21.5. The third-order valence-corrected chi connectivity index (χ3v) is 5.61. The van der Waals surface area contributed by atoms with Gasteiger partial charge in [0, 0.05) is 48.9 Å². The fourth-order valence-corrected chi connectivity index (χ4v) is 4.20. The van der Waals surface area contributed by atoms with Crippen LogP contribution in [0.5, 0.6) is 0 Å². The lowest BCUT2D eigenvalue weighted by molar-refractivity contribution is 0.618. The van der Waals surface area contributed by atoms with Crippen LogP contribution in [0.3, 0.4) is 0 Å². The van der Waals surface area contributed by atoms with Gasteiger partial charge in [-0.25, -0.2) is 19.3 Å². The molecule has 0 bridgehead atoms. The van der Waals surface area contributed by atoms with Crippen molar-refractivity contribution in [2.24, 2.45) is 7.05 Å². The molecule has 4 aromatic rings. The Balaban J connectivity index is 0.00000245. The lowest BCUT2D eigenvalue weighted by atomic mass is 10.0. The number of nitrogens with zero attached hydrogens (tertiary/aromatic N) is 5. The van der Waals surface area contributed by atoms with E-state index in [1.54, 1.807) is 0 Å². The Hall–Kier alpha value is -3.10. The first-order chi connectivity index (χ1) is 15.0. The minimum absolute atomic E-state index is 0. The molecule has 0 aliphatic carbocycles. The van der Waals surface area contributed by atoms with Crippen molar-refractivity contribution >= 4 is 35.1 Å². The van der Waals surface area contributed by atoms with Gasteiger partial charge >= 0.3 is 0 Å². The van der Waals surface area contributed by atoms with Gasteiger partial charge in [0.2, 0.25) is 5.95 Å². The van der Waals surface area contributed by atoms with E-state index >= 15 is 0 Å². The van der Waals surface area contributed by atoms with E-state index in [0.717, 1.165) is 41.8 Å². The molecule has 0 radical (unpaired) electrons. The third-order valence-electron chi connectivity index (χ3n) is 5.61. The molecule has 1 aromatic carbocycles. The fraction of sp³-hybridized carbons (Fsp3) is 0.304. The Morgan fingerprint density at radius 1 is 1.16 bits per heavy atom. The Morgan fingerprint density at radius 2 is 2.00 bits per heavy atom. The average molecular weight is 454 g/mol. The fourth-order valence-electron chi connectivity index (χ4n) is 4.20. The Kier molecular flexibility index (Phi) is 6.08. The molecule has 5 rings (SSSR count). The van der Waals surface area contributed by atoms with Crippen LogP contribution in [0.4, 0.5) is 16.2 Å². The minimum Gasteiger partial charge on any atom is -0.312 e. The molecule has 166 valence electrons. The number of hydrogen-bond donors (Lipinski definition) is 2. The van der Waals surface area contributed by atoms with E-state index in [1.807, 2.05) is 42.1 Å². The van der Waals surface area contributed by atoms with Crippen molar-refractivity contribution in [3.8, 4) is 11.3 Å². The number of nitrogens with one attached hydrogen (secondary N) is 2. The summed E-state index contributed by atoms with van der Waals surface area (Å²) in [5.74, 6) is 0.795. The lowest BCUT2D eigenvalue weighted by Gasteiger charge is -2.17. The second-order valence-corrected chi connectivity index (χ2v) is 8.14. The van der Waals surface area contributed by atoms with E-state index in [9.17, 15) is 4.39 Å². The van der Waals surface area contributed by atoms with E-state index in [0.29, 0.717) is 23.2 Å². The van der Waals surface area contributed by atoms with Gasteiger partial charge in [-0.3, -0.25) is 4.68 Å². The highest BCUT2D eigenvalue weighted by Gasteiger charge is 2.16. The maximum absolute atomic E-state index is 14.7. The van der Waals surface area contributed by atoms with Crippen LogP contribution < -0.4 is 10.6 Å². The van der Waals surface area contributed by atoms with Crippen molar-refractivity contribution in [3.63, 3.8) is 0 Å². The summed E-state index contributed by atoms with van der Waals surface area (Å²) in [6, 6.07) is 9.65. The molecule has 0 spiro atoms. The number of aryl methyl sites for hydroxylation is 1. The van der Waals surface area contributed by atoms with E-state index in [1.165, 1.54) is 11.8 Å². The zero-order valence-electron chi connectivity index (χ0n) is 18.2. The van der Waals surface area contributed by atoms with E-state index < -0.39 is 5.82 Å². The van der Waals surface area contributed by atoms with Crippen molar-refractivity contribution in [2.75, 3.05) is 11.9 Å². The van der Waals surface area contributed by atoms with Crippen LogP contribution >= 0.6 is 12.4 Å². The van der Waals surface area contributed by atoms with Crippen LogP contribution in [0.1, 0.15) is 36.7 Å². The summed E-state index contributed by atoms with van der Waals surface area (Å²) >= 11 is 0. The van der Waals surface area contributed by atoms with Gasteiger partial charge in [-0.05, 0) is 29.7 Å². The van der Waals surface area contributed by atoms with Gasteiger partial charge < -0.3 is 10.6 Å². The summed E-state index contributed by atoms with van der Waals surface area (Å²) in [7, 11) is 1.93. The molecule has 0 atom stereocenters. The molecular weight excluding hydrogens is 429 g/mol. The molecular formula is C23H25ClFN7. The van der Waals surface area contributed by atoms with Gasteiger partial charge in [0.1, 0.15) is 11.5 Å². The summed E-state index contributed by atoms with van der Waals surface area (Å²) in [4.78, 5) is 13.3. The monoisotopic (exact) mass is 453 g/mol. The number of anilines is 2. The maximum atomic E-state index is 14.7. The molecule has 9 heteroatoms. The Labute approximate surface area is 191 Å². The topological polar surface area (TPSA) is 80.6 Å². The predicted octanol–water partition coefficient (Wildman–Crippen LogP) is 4.50. The molecule has 0 saturated heterocycles. The third kappa shape index (κ3) is 4.03. The van der Waals surface area contributed by atoms with Gasteiger partial charge in [0.05, 0.1) is 11.7 Å². The second kappa shape index (κ2) is 8.80. The summed E-state index contributed by atoms with van der Waals surface area (Å²) in [6.07, 6.45) is 2.08. The SMILES string of the molecule is CC(C)c1c2cc(-c3nc(Nc4ccc5c(n4)CCNC5)ncc3F)ccc2nn1C.Cl. The van der Waals surface area contributed by atoms with Crippen molar-refractivity contribution in [1.82, 2.24) is 30.0 Å². The van der Waals surface area contributed by atoms with Crippen molar-refractivity contribution < 1.29 is 4.39 Å². The first kappa shape index (κ1) is 22.1. The Morgan fingerprint density at radius 3 is 2.81 bits per heavy atom. The standard InChI is InChI=1S/C23H24FN7.ClH/c1-13(2)22-16-10-14(4-6-19(16)30-31(22)3)21-17(24)12-26-23(29-21)28-20-7-5-15-11-25-9-8-18(15)27-20;/h4-7,10,12-13,25H,8-9,11H2,1-3H3,(H,26,27,28,29);1H. The average Bonchev–Trinajstić information content (AvgIpc) is 3.10. The molecule has 7 nitrogen and oxygen atoms in total. The lowest BCUT2D eigenvalue weighted by Crippen LogP contribution is -2.24. The van der Waals surface area contributed by atoms with Crippen LogP contribution in [0.25, 0.3) is 22.2 Å². The molecule has 0 fully saturated rings.